The zero-order chi connectivity index (χ0) is 27.0. The van der Waals surface area contributed by atoms with Crippen LogP contribution in [0.25, 0.3) is 11.0 Å². The molecule has 1 saturated heterocycles. The first-order valence-corrected chi connectivity index (χ1v) is 13.9. The van der Waals surface area contributed by atoms with Crippen molar-refractivity contribution in [3.8, 4) is 0 Å². The van der Waals surface area contributed by atoms with Gasteiger partial charge in [0.25, 0.3) is 0 Å². The van der Waals surface area contributed by atoms with Gasteiger partial charge in [-0.1, -0.05) is 24.3 Å². The highest BCUT2D eigenvalue weighted by atomic mass is 32.1. The van der Waals surface area contributed by atoms with Crippen LogP contribution in [0.2, 0.25) is 0 Å². The van der Waals surface area contributed by atoms with Crippen LogP contribution in [-0.4, -0.2) is 56.8 Å². The fraction of sp³-hybridized carbons (Fsp3) is 0.345. The molecule has 10 heteroatoms. The van der Waals surface area contributed by atoms with Gasteiger partial charge >= 0.3 is 0 Å². The van der Waals surface area contributed by atoms with E-state index in [1.807, 2.05) is 30.3 Å². The van der Waals surface area contributed by atoms with E-state index in [2.05, 4.69) is 36.5 Å². The molecule has 1 aliphatic rings. The summed E-state index contributed by atoms with van der Waals surface area (Å²) in [5.74, 6) is 0.658. The number of hydrogen-bond donors (Lipinski definition) is 4. The summed E-state index contributed by atoms with van der Waals surface area (Å²) in [6.45, 7) is 4.65. The fourth-order valence-electron chi connectivity index (χ4n) is 4.94. The van der Waals surface area contributed by atoms with E-state index in [-0.39, 0.29) is 5.82 Å². The molecule has 0 spiro atoms. The second-order valence-electron chi connectivity index (χ2n) is 9.95. The standard InChI is InChI=1S/C29H35FN8S/c30-22-9-7-21(8-10-22)20-38-27-6-2-1-5-25(27)35-28(38)34-23-12-17-37(18-13-23)16-4-3-14-33-29(39)36-26-19-32-15-11-24(26)31/h1-2,5-11,15,19,23H,3-4,12-14,16-18,20H2,(H2,31,32)(H,34,35)(H2,33,36,39). The molecule has 5 rings (SSSR count). The molecule has 1 aliphatic heterocycles. The zero-order valence-corrected chi connectivity index (χ0v) is 22.8. The monoisotopic (exact) mass is 546 g/mol. The van der Waals surface area contributed by atoms with Crippen LogP contribution in [0.5, 0.6) is 0 Å². The van der Waals surface area contributed by atoms with Crippen LogP contribution >= 0.6 is 12.2 Å². The molecule has 204 valence electrons. The van der Waals surface area contributed by atoms with Gasteiger partial charge in [-0.05, 0) is 80.3 Å². The number of aromatic nitrogens is 3. The van der Waals surface area contributed by atoms with Gasteiger partial charge in [-0.25, -0.2) is 9.37 Å². The molecule has 2 aromatic heterocycles. The van der Waals surface area contributed by atoms with Gasteiger partial charge in [0.05, 0.1) is 35.1 Å². The van der Waals surface area contributed by atoms with Crippen molar-refractivity contribution in [3.63, 3.8) is 0 Å². The molecule has 0 saturated carbocycles. The van der Waals surface area contributed by atoms with Crippen LogP contribution in [0.3, 0.4) is 0 Å². The van der Waals surface area contributed by atoms with E-state index in [0.29, 0.717) is 23.4 Å². The van der Waals surface area contributed by atoms with E-state index in [1.54, 1.807) is 18.5 Å². The molecule has 0 aliphatic carbocycles. The summed E-state index contributed by atoms with van der Waals surface area (Å²) in [5, 5.41) is 10.6. The summed E-state index contributed by atoms with van der Waals surface area (Å²) in [4.78, 5) is 11.5. The first kappa shape index (κ1) is 26.8. The van der Waals surface area contributed by atoms with Gasteiger partial charge in [0, 0.05) is 31.9 Å². The molecule has 0 radical (unpaired) electrons. The summed E-state index contributed by atoms with van der Waals surface area (Å²) in [6, 6.07) is 17.0. The van der Waals surface area contributed by atoms with Crippen molar-refractivity contribution in [1.82, 2.24) is 24.8 Å². The number of nitrogens with zero attached hydrogens (tertiary/aromatic N) is 4. The third kappa shape index (κ3) is 7.21. The number of thiocarbonyl (C=S) groups is 1. The Hall–Kier alpha value is -3.76. The van der Waals surface area contributed by atoms with Gasteiger partial charge in [0.2, 0.25) is 5.95 Å². The minimum absolute atomic E-state index is 0.220. The van der Waals surface area contributed by atoms with Crippen molar-refractivity contribution in [3.05, 3.63) is 78.4 Å². The quantitative estimate of drug-likeness (QED) is 0.166. The number of halogens is 1. The van der Waals surface area contributed by atoms with Crippen molar-refractivity contribution in [2.75, 3.05) is 42.5 Å². The maximum Gasteiger partial charge on any atom is 0.204 e. The molecule has 5 N–H and O–H groups in total. The number of unbranched alkanes of at least 4 members (excludes halogenated alkanes) is 1. The molecule has 0 unspecified atom stereocenters. The van der Waals surface area contributed by atoms with Crippen LogP contribution in [0.15, 0.2) is 67.0 Å². The number of piperidine rings is 1. The largest absolute Gasteiger partial charge is 0.397 e. The van der Waals surface area contributed by atoms with Crippen LogP contribution in [0.1, 0.15) is 31.2 Å². The summed E-state index contributed by atoms with van der Waals surface area (Å²) in [5.41, 5.74) is 10.4. The Morgan fingerprint density at radius 2 is 1.85 bits per heavy atom. The predicted molar refractivity (Wildman–Crippen MR) is 160 cm³/mol. The van der Waals surface area contributed by atoms with Crippen LogP contribution in [-0.2, 0) is 6.54 Å². The van der Waals surface area contributed by atoms with Crippen LogP contribution in [0, 0.1) is 5.82 Å². The Balaban J connectivity index is 1.06. The molecule has 0 atom stereocenters. The lowest BCUT2D eigenvalue weighted by Gasteiger charge is -2.32. The second kappa shape index (κ2) is 12.9. The lowest BCUT2D eigenvalue weighted by molar-refractivity contribution is 0.215. The summed E-state index contributed by atoms with van der Waals surface area (Å²) < 4.78 is 15.6. The number of rotatable bonds is 10. The molecule has 3 heterocycles. The first-order chi connectivity index (χ1) is 19.0. The van der Waals surface area contributed by atoms with Crippen molar-refractivity contribution in [1.29, 1.82) is 0 Å². The van der Waals surface area contributed by atoms with Gasteiger partial charge in [-0.3, -0.25) is 4.98 Å². The molecule has 2 aromatic carbocycles. The van der Waals surface area contributed by atoms with E-state index in [0.717, 1.165) is 80.1 Å². The van der Waals surface area contributed by atoms with E-state index in [4.69, 9.17) is 22.9 Å². The number of pyridine rings is 1. The highest BCUT2D eigenvalue weighted by molar-refractivity contribution is 7.80. The number of hydrogen-bond acceptors (Lipinski definition) is 6. The molecule has 0 amide bonds. The first-order valence-electron chi connectivity index (χ1n) is 13.5. The Morgan fingerprint density at radius 1 is 1.05 bits per heavy atom. The van der Waals surface area contributed by atoms with Gasteiger partial charge in [-0.2, -0.15) is 0 Å². The Kier molecular flexibility index (Phi) is 8.85. The van der Waals surface area contributed by atoms with Crippen LogP contribution < -0.4 is 21.7 Å². The fourth-order valence-corrected chi connectivity index (χ4v) is 5.15. The van der Waals surface area contributed by atoms with Gasteiger partial charge < -0.3 is 31.2 Å². The number of nitrogen functional groups attached to an aromatic ring is 1. The van der Waals surface area contributed by atoms with Gasteiger partial charge in [0.15, 0.2) is 5.11 Å². The number of likely N-dealkylation sites (tertiary alicyclic amines) is 1. The summed E-state index contributed by atoms with van der Waals surface area (Å²) in [6.07, 6.45) is 7.61. The van der Waals surface area contributed by atoms with Gasteiger partial charge in [0.1, 0.15) is 5.82 Å². The van der Waals surface area contributed by atoms with E-state index in [1.165, 1.54) is 12.1 Å². The summed E-state index contributed by atoms with van der Waals surface area (Å²) in [7, 11) is 0. The predicted octanol–water partition coefficient (Wildman–Crippen LogP) is 4.84. The zero-order valence-electron chi connectivity index (χ0n) is 21.9. The van der Waals surface area contributed by atoms with Crippen molar-refractivity contribution in [2.24, 2.45) is 0 Å². The van der Waals surface area contributed by atoms with Crippen molar-refractivity contribution < 1.29 is 4.39 Å². The van der Waals surface area contributed by atoms with E-state index >= 15 is 0 Å². The minimum Gasteiger partial charge on any atom is -0.397 e. The highest BCUT2D eigenvalue weighted by Crippen LogP contribution is 2.24. The number of nitrogens with one attached hydrogen (secondary N) is 3. The summed E-state index contributed by atoms with van der Waals surface area (Å²) >= 11 is 5.36. The molecule has 0 bridgehead atoms. The molecule has 8 nitrogen and oxygen atoms in total. The SMILES string of the molecule is Nc1ccncc1NC(=S)NCCCCN1CCC(Nc2nc3ccccc3n2Cc2ccc(F)cc2)CC1. The number of fused-ring (bicyclic) bond motifs is 1. The number of nitrogens with two attached hydrogens (primary N) is 1. The molecule has 39 heavy (non-hydrogen) atoms. The Labute approximate surface area is 233 Å². The maximum absolute atomic E-state index is 13.4. The van der Waals surface area contributed by atoms with E-state index in [9.17, 15) is 4.39 Å². The molecule has 4 aromatic rings. The normalized spacial score (nSPS) is 14.4. The maximum atomic E-state index is 13.4. The molecular formula is C29H35FN8S. The lowest BCUT2D eigenvalue weighted by Crippen LogP contribution is -2.40. The smallest absolute Gasteiger partial charge is 0.204 e. The van der Waals surface area contributed by atoms with Crippen LogP contribution in [0.4, 0.5) is 21.7 Å². The number of anilines is 3. The third-order valence-electron chi connectivity index (χ3n) is 7.12. The third-order valence-corrected chi connectivity index (χ3v) is 7.37. The average molecular weight is 547 g/mol. The minimum atomic E-state index is -0.220. The Morgan fingerprint density at radius 3 is 2.64 bits per heavy atom. The average Bonchev–Trinajstić information content (AvgIpc) is 3.28. The molecule has 1 fully saturated rings. The number of imidazole rings is 1. The van der Waals surface area contributed by atoms with E-state index < -0.39 is 0 Å². The topological polar surface area (TPSA) is 96.1 Å². The number of para-hydroxylation sites is 2. The van der Waals surface area contributed by atoms with Gasteiger partial charge in [-0.15, -0.1) is 0 Å². The van der Waals surface area contributed by atoms with Crippen molar-refractivity contribution in [2.45, 2.75) is 38.3 Å². The lowest BCUT2D eigenvalue weighted by atomic mass is 10.0. The highest BCUT2D eigenvalue weighted by Gasteiger charge is 2.21. The molecular weight excluding hydrogens is 511 g/mol. The Bertz CT molecular complexity index is 1380. The number of benzene rings is 2. The second-order valence-corrected chi connectivity index (χ2v) is 10.4. The van der Waals surface area contributed by atoms with Crippen molar-refractivity contribution >= 4 is 45.7 Å².